The summed E-state index contributed by atoms with van der Waals surface area (Å²) in [4.78, 5) is 9.16. The Balaban J connectivity index is 1.63. The van der Waals surface area contributed by atoms with Crippen molar-refractivity contribution < 1.29 is 10.2 Å². The Hall–Kier alpha value is -4.18. The molecule has 0 unspecified atom stereocenters. The number of rotatable bonds is 6. The fourth-order valence-corrected chi connectivity index (χ4v) is 3.23. The van der Waals surface area contributed by atoms with Gasteiger partial charge in [0.25, 0.3) is 0 Å². The van der Waals surface area contributed by atoms with Crippen LogP contribution in [-0.2, 0) is 6.42 Å². The molecule has 0 aromatic heterocycles. The molecule has 0 radical (unpaired) electrons. The average molecular weight is 406 g/mol. The highest BCUT2D eigenvalue weighted by atomic mass is 16.3. The summed E-state index contributed by atoms with van der Waals surface area (Å²) in [5.41, 5.74) is 4.53. The highest BCUT2D eigenvalue weighted by molar-refractivity contribution is 6.05. The van der Waals surface area contributed by atoms with Gasteiger partial charge in [-0.2, -0.15) is 0 Å². The van der Waals surface area contributed by atoms with Gasteiger partial charge >= 0.3 is 0 Å². The van der Waals surface area contributed by atoms with E-state index < -0.39 is 0 Å². The number of aliphatic imine (C=N–C) groups is 2. The minimum Gasteiger partial charge on any atom is -0.507 e. The van der Waals surface area contributed by atoms with Crippen molar-refractivity contribution in [1.82, 2.24) is 0 Å². The van der Waals surface area contributed by atoms with Crippen molar-refractivity contribution in [2.75, 3.05) is 0 Å². The monoisotopic (exact) mass is 406 g/mol. The zero-order valence-corrected chi connectivity index (χ0v) is 16.9. The topological polar surface area (TPSA) is 65.2 Å². The second kappa shape index (κ2) is 9.55. The predicted molar refractivity (Wildman–Crippen MR) is 126 cm³/mol. The lowest BCUT2D eigenvalue weighted by molar-refractivity contribution is 0.474. The lowest BCUT2D eigenvalue weighted by atomic mass is 9.99. The van der Waals surface area contributed by atoms with E-state index in [1.54, 1.807) is 24.4 Å². The number of hydrogen-bond donors (Lipinski definition) is 2. The summed E-state index contributed by atoms with van der Waals surface area (Å²) in [5.74, 6) is 0.321. The van der Waals surface area contributed by atoms with E-state index in [1.807, 2.05) is 84.9 Å². The molecule has 0 saturated carbocycles. The molecule has 0 heterocycles. The van der Waals surface area contributed by atoms with E-state index in [0.717, 1.165) is 22.6 Å². The Bertz CT molecular complexity index is 1220. The second-order valence-corrected chi connectivity index (χ2v) is 7.07. The van der Waals surface area contributed by atoms with E-state index >= 15 is 0 Å². The lowest BCUT2D eigenvalue weighted by Gasteiger charge is -2.10. The highest BCUT2D eigenvalue weighted by Crippen LogP contribution is 2.25. The van der Waals surface area contributed by atoms with Crippen LogP contribution >= 0.6 is 0 Å². The first kappa shape index (κ1) is 20.1. The summed E-state index contributed by atoms with van der Waals surface area (Å²) >= 11 is 0. The van der Waals surface area contributed by atoms with Crippen LogP contribution in [0.2, 0.25) is 0 Å². The van der Waals surface area contributed by atoms with Gasteiger partial charge in [-0.25, -0.2) is 0 Å². The third kappa shape index (κ3) is 5.25. The second-order valence-electron chi connectivity index (χ2n) is 7.07. The van der Waals surface area contributed by atoms with E-state index in [4.69, 9.17) is 4.99 Å². The molecule has 4 heteroatoms. The zero-order chi connectivity index (χ0) is 21.5. The van der Waals surface area contributed by atoms with Crippen molar-refractivity contribution in [3.05, 3.63) is 120 Å². The van der Waals surface area contributed by atoms with Crippen molar-refractivity contribution in [3.63, 3.8) is 0 Å². The molecule has 152 valence electrons. The Kier molecular flexibility index (Phi) is 6.19. The van der Waals surface area contributed by atoms with E-state index in [-0.39, 0.29) is 11.5 Å². The van der Waals surface area contributed by atoms with Crippen molar-refractivity contribution in [2.45, 2.75) is 6.42 Å². The number of benzene rings is 4. The van der Waals surface area contributed by atoms with Gasteiger partial charge in [-0.1, -0.05) is 54.6 Å². The van der Waals surface area contributed by atoms with Gasteiger partial charge in [0.15, 0.2) is 0 Å². The number of hydrogen-bond acceptors (Lipinski definition) is 4. The number of phenols is 2. The molecule has 4 aromatic carbocycles. The van der Waals surface area contributed by atoms with Gasteiger partial charge in [0.2, 0.25) is 0 Å². The molecule has 31 heavy (non-hydrogen) atoms. The highest BCUT2D eigenvalue weighted by Gasteiger charge is 2.11. The average Bonchev–Trinajstić information content (AvgIpc) is 2.80. The van der Waals surface area contributed by atoms with Crippen molar-refractivity contribution in [2.24, 2.45) is 9.98 Å². The molecular formula is C27H22N2O2. The van der Waals surface area contributed by atoms with Crippen LogP contribution in [0.4, 0.5) is 11.4 Å². The van der Waals surface area contributed by atoms with E-state index in [2.05, 4.69) is 4.99 Å². The normalized spacial score (nSPS) is 11.7. The SMILES string of the molecule is Oc1cc(C/C(=N\c2ccccc2)c2ccccc2O)ccc1/C=N/c1ccccc1. The van der Waals surface area contributed by atoms with Crippen LogP contribution in [0.25, 0.3) is 0 Å². The smallest absolute Gasteiger partial charge is 0.124 e. The molecule has 0 fully saturated rings. The minimum absolute atomic E-state index is 0.147. The third-order valence-corrected chi connectivity index (χ3v) is 4.81. The van der Waals surface area contributed by atoms with Crippen LogP contribution in [-0.4, -0.2) is 22.1 Å². The van der Waals surface area contributed by atoms with Crippen LogP contribution in [0.5, 0.6) is 11.5 Å². The van der Waals surface area contributed by atoms with Crippen LogP contribution < -0.4 is 0 Å². The van der Waals surface area contributed by atoms with Gasteiger partial charge in [-0.15, -0.1) is 0 Å². The van der Waals surface area contributed by atoms with E-state index in [0.29, 0.717) is 17.5 Å². The summed E-state index contributed by atoms with van der Waals surface area (Å²) in [6, 6.07) is 31.8. The fourth-order valence-electron chi connectivity index (χ4n) is 3.23. The van der Waals surface area contributed by atoms with Crippen LogP contribution in [0.3, 0.4) is 0 Å². The zero-order valence-electron chi connectivity index (χ0n) is 16.9. The summed E-state index contributed by atoms with van der Waals surface area (Å²) in [5, 5.41) is 20.9. The van der Waals surface area contributed by atoms with Crippen molar-refractivity contribution >= 4 is 23.3 Å². The van der Waals surface area contributed by atoms with Gasteiger partial charge < -0.3 is 10.2 Å². The van der Waals surface area contributed by atoms with E-state index in [9.17, 15) is 10.2 Å². The maximum Gasteiger partial charge on any atom is 0.124 e. The molecule has 0 aliphatic carbocycles. The molecule has 0 aliphatic rings. The summed E-state index contributed by atoms with van der Waals surface area (Å²) in [6.45, 7) is 0. The van der Waals surface area contributed by atoms with Gasteiger partial charge in [0.05, 0.1) is 17.1 Å². The first-order valence-electron chi connectivity index (χ1n) is 10.0. The van der Waals surface area contributed by atoms with Crippen LogP contribution in [0.1, 0.15) is 16.7 Å². The Morgan fingerprint density at radius 1 is 0.677 bits per heavy atom. The first-order chi connectivity index (χ1) is 15.2. The lowest BCUT2D eigenvalue weighted by Crippen LogP contribution is -2.06. The number of aromatic hydroxyl groups is 2. The third-order valence-electron chi connectivity index (χ3n) is 4.81. The quantitative estimate of drug-likeness (QED) is 0.374. The Labute approximate surface area is 181 Å². The molecule has 4 rings (SSSR count). The minimum atomic E-state index is 0.147. The van der Waals surface area contributed by atoms with Gasteiger partial charge in [-0.3, -0.25) is 9.98 Å². The molecule has 4 nitrogen and oxygen atoms in total. The van der Waals surface area contributed by atoms with Crippen LogP contribution in [0, 0.1) is 0 Å². The number of para-hydroxylation sites is 3. The van der Waals surface area contributed by atoms with E-state index in [1.165, 1.54) is 0 Å². The Morgan fingerprint density at radius 3 is 2.00 bits per heavy atom. The summed E-state index contributed by atoms with van der Waals surface area (Å²) in [6.07, 6.45) is 2.10. The molecule has 0 aliphatic heterocycles. The van der Waals surface area contributed by atoms with Crippen molar-refractivity contribution in [1.29, 1.82) is 0 Å². The number of phenolic OH excluding ortho intramolecular Hbond substituents is 2. The molecule has 0 bridgehead atoms. The van der Waals surface area contributed by atoms with Crippen LogP contribution in [0.15, 0.2) is 113 Å². The number of nitrogens with zero attached hydrogens (tertiary/aromatic N) is 2. The summed E-state index contributed by atoms with van der Waals surface area (Å²) < 4.78 is 0. The first-order valence-corrected chi connectivity index (χ1v) is 10.0. The molecular weight excluding hydrogens is 384 g/mol. The van der Waals surface area contributed by atoms with Gasteiger partial charge in [0, 0.05) is 23.8 Å². The standard InChI is InChI=1S/C27H22N2O2/c30-26-14-8-7-13-24(26)25(29-23-11-5-2-6-12-23)17-20-15-16-21(27(31)18-20)19-28-22-9-3-1-4-10-22/h1-16,18-19,30-31H,17H2/b28-19+,29-25+. The largest absolute Gasteiger partial charge is 0.507 e. The predicted octanol–water partition coefficient (Wildman–Crippen LogP) is 6.21. The van der Waals surface area contributed by atoms with Gasteiger partial charge in [0.1, 0.15) is 11.5 Å². The molecule has 0 spiro atoms. The molecule has 4 aromatic rings. The fraction of sp³-hybridized carbons (Fsp3) is 0.0370. The van der Waals surface area contributed by atoms with Crippen molar-refractivity contribution in [3.8, 4) is 11.5 Å². The molecule has 0 saturated heterocycles. The molecule has 2 N–H and O–H groups in total. The van der Waals surface area contributed by atoms with Gasteiger partial charge in [-0.05, 0) is 54.1 Å². The molecule has 0 atom stereocenters. The summed E-state index contributed by atoms with van der Waals surface area (Å²) in [7, 11) is 0. The maximum absolute atomic E-state index is 10.5. The maximum atomic E-state index is 10.5. The molecule has 0 amide bonds. The Morgan fingerprint density at radius 2 is 1.32 bits per heavy atom.